The van der Waals surface area contributed by atoms with Crippen LogP contribution in [-0.2, 0) is 0 Å². The van der Waals surface area contributed by atoms with Crippen LogP contribution in [0.4, 0.5) is 0 Å². The first-order valence-corrected chi connectivity index (χ1v) is 6.70. The first-order chi connectivity index (χ1) is 9.06. The first-order valence-electron chi connectivity index (χ1n) is 6.70. The van der Waals surface area contributed by atoms with Crippen LogP contribution in [0.3, 0.4) is 0 Å². The van der Waals surface area contributed by atoms with E-state index in [1.165, 1.54) is 18.6 Å². The number of benzene rings is 1. The van der Waals surface area contributed by atoms with E-state index in [0.29, 0.717) is 11.5 Å². The van der Waals surface area contributed by atoms with Crippen LogP contribution in [0.5, 0.6) is 0 Å². The van der Waals surface area contributed by atoms with Crippen LogP contribution in [0.1, 0.15) is 53.3 Å². The molecule has 4 heteroatoms. The topological polar surface area (TPSA) is 66.4 Å². The second-order valence-electron chi connectivity index (χ2n) is 5.32. The summed E-state index contributed by atoms with van der Waals surface area (Å²) in [6, 6.07) is 6.28. The molecule has 0 bridgehead atoms. The van der Waals surface area contributed by atoms with E-state index in [1.54, 1.807) is 12.1 Å². The van der Waals surface area contributed by atoms with E-state index in [4.69, 9.17) is 5.11 Å². The lowest BCUT2D eigenvalue weighted by Crippen LogP contribution is -2.37. The number of aromatic carboxylic acids is 1. The van der Waals surface area contributed by atoms with Gasteiger partial charge in [-0.25, -0.2) is 4.79 Å². The zero-order valence-electron chi connectivity index (χ0n) is 11.1. The van der Waals surface area contributed by atoms with Crippen molar-refractivity contribution >= 4 is 11.9 Å². The van der Waals surface area contributed by atoms with Gasteiger partial charge in [0.2, 0.25) is 0 Å². The van der Waals surface area contributed by atoms with Crippen LogP contribution in [0.2, 0.25) is 0 Å². The molecule has 0 saturated heterocycles. The van der Waals surface area contributed by atoms with Gasteiger partial charge in [0.05, 0.1) is 5.56 Å². The summed E-state index contributed by atoms with van der Waals surface area (Å²) in [5, 5.41) is 11.8. The molecular weight excluding hydrogens is 242 g/mol. The van der Waals surface area contributed by atoms with Crippen molar-refractivity contribution in [3.63, 3.8) is 0 Å². The van der Waals surface area contributed by atoms with E-state index in [2.05, 4.69) is 12.2 Å². The number of carboxylic acid groups (broad SMARTS) is 1. The summed E-state index contributed by atoms with van der Waals surface area (Å²) in [5.74, 6) is -0.433. The molecule has 2 N–H and O–H groups in total. The van der Waals surface area contributed by atoms with Gasteiger partial charge in [-0.2, -0.15) is 0 Å². The number of carbonyl (C=O) groups excluding carboxylic acids is 1. The summed E-state index contributed by atoms with van der Waals surface area (Å²) in [6.45, 7) is 2.21. The minimum Gasteiger partial charge on any atom is -0.478 e. The van der Waals surface area contributed by atoms with Gasteiger partial charge in [0.25, 0.3) is 5.91 Å². The van der Waals surface area contributed by atoms with Crippen LogP contribution >= 0.6 is 0 Å². The van der Waals surface area contributed by atoms with Crippen LogP contribution in [-0.4, -0.2) is 23.0 Å². The van der Waals surface area contributed by atoms with Gasteiger partial charge in [0, 0.05) is 11.6 Å². The minimum absolute atomic E-state index is 0.115. The Morgan fingerprint density at radius 1 is 1.16 bits per heavy atom. The van der Waals surface area contributed by atoms with Gasteiger partial charge in [-0.15, -0.1) is 0 Å². The Balaban J connectivity index is 1.97. The van der Waals surface area contributed by atoms with Crippen LogP contribution in [0.25, 0.3) is 0 Å². The Morgan fingerprint density at radius 3 is 2.37 bits per heavy atom. The Hall–Kier alpha value is -1.84. The molecule has 1 saturated carbocycles. The highest BCUT2D eigenvalue weighted by Gasteiger charge is 2.20. The second-order valence-corrected chi connectivity index (χ2v) is 5.32. The number of carbonyl (C=O) groups is 2. The van der Waals surface area contributed by atoms with E-state index in [1.807, 2.05) is 0 Å². The molecular formula is C15H19NO3. The fraction of sp³-hybridized carbons (Fsp3) is 0.467. The zero-order chi connectivity index (χ0) is 13.8. The summed E-state index contributed by atoms with van der Waals surface area (Å²) in [5.41, 5.74) is 0.714. The van der Waals surface area contributed by atoms with Gasteiger partial charge in [0.15, 0.2) is 0 Å². The number of hydrogen-bond acceptors (Lipinski definition) is 2. The third-order valence-electron chi connectivity index (χ3n) is 3.67. The molecule has 1 aromatic rings. The molecule has 1 aliphatic rings. The molecule has 102 valence electrons. The highest BCUT2D eigenvalue weighted by atomic mass is 16.4. The van der Waals surface area contributed by atoms with Crippen molar-refractivity contribution in [1.29, 1.82) is 0 Å². The van der Waals surface area contributed by atoms with Crippen molar-refractivity contribution in [2.45, 2.75) is 38.6 Å². The third-order valence-corrected chi connectivity index (χ3v) is 3.67. The van der Waals surface area contributed by atoms with Gasteiger partial charge in [-0.3, -0.25) is 4.79 Å². The van der Waals surface area contributed by atoms with Crippen LogP contribution < -0.4 is 5.32 Å². The van der Waals surface area contributed by atoms with Gasteiger partial charge < -0.3 is 10.4 Å². The summed E-state index contributed by atoms with van der Waals surface area (Å²) in [4.78, 5) is 22.8. The van der Waals surface area contributed by atoms with Crippen LogP contribution in [0.15, 0.2) is 24.3 Å². The minimum atomic E-state index is -0.979. The summed E-state index contributed by atoms with van der Waals surface area (Å²) in [6.07, 6.45) is 4.45. The molecule has 2 unspecified atom stereocenters. The average Bonchev–Trinajstić information content (AvgIpc) is 2.39. The Kier molecular flexibility index (Phi) is 4.20. The molecule has 0 radical (unpaired) electrons. The van der Waals surface area contributed by atoms with E-state index < -0.39 is 5.97 Å². The van der Waals surface area contributed by atoms with Crippen molar-refractivity contribution in [2.24, 2.45) is 5.92 Å². The maximum atomic E-state index is 12.0. The zero-order valence-corrected chi connectivity index (χ0v) is 11.1. The molecule has 2 rings (SSSR count). The Morgan fingerprint density at radius 2 is 1.79 bits per heavy atom. The number of nitrogens with one attached hydrogen (secondary N) is 1. The molecule has 19 heavy (non-hydrogen) atoms. The van der Waals surface area contributed by atoms with Crippen molar-refractivity contribution in [3.8, 4) is 0 Å². The lowest BCUT2D eigenvalue weighted by Gasteiger charge is -2.27. The maximum absolute atomic E-state index is 12.0. The second kappa shape index (κ2) is 5.87. The van der Waals surface area contributed by atoms with Crippen molar-refractivity contribution < 1.29 is 14.7 Å². The fourth-order valence-corrected chi connectivity index (χ4v) is 2.60. The van der Waals surface area contributed by atoms with Crippen molar-refractivity contribution in [1.82, 2.24) is 5.32 Å². The lowest BCUT2D eigenvalue weighted by atomic mass is 9.87. The normalized spacial score (nSPS) is 22.8. The maximum Gasteiger partial charge on any atom is 0.335 e. The van der Waals surface area contributed by atoms with E-state index in [-0.39, 0.29) is 17.5 Å². The Labute approximate surface area is 112 Å². The monoisotopic (exact) mass is 261 g/mol. The molecule has 1 aromatic carbocycles. The molecule has 0 aromatic heterocycles. The molecule has 1 aliphatic carbocycles. The van der Waals surface area contributed by atoms with E-state index >= 15 is 0 Å². The number of carboxylic acids is 1. The largest absolute Gasteiger partial charge is 0.478 e. The summed E-state index contributed by atoms with van der Waals surface area (Å²) in [7, 11) is 0. The first kappa shape index (κ1) is 13.6. The van der Waals surface area contributed by atoms with E-state index in [9.17, 15) is 9.59 Å². The molecule has 0 aliphatic heterocycles. The third kappa shape index (κ3) is 3.56. The van der Waals surface area contributed by atoms with E-state index in [0.717, 1.165) is 19.3 Å². The Bertz CT molecular complexity index is 467. The molecule has 4 nitrogen and oxygen atoms in total. The SMILES string of the molecule is CC1CCCC(NC(=O)c2ccc(C(=O)O)cc2)C1. The predicted octanol–water partition coefficient (Wildman–Crippen LogP) is 2.69. The number of amides is 1. The molecule has 1 fully saturated rings. The summed E-state index contributed by atoms with van der Waals surface area (Å²) >= 11 is 0. The molecule has 0 spiro atoms. The summed E-state index contributed by atoms with van der Waals surface area (Å²) < 4.78 is 0. The lowest BCUT2D eigenvalue weighted by molar-refractivity contribution is 0.0696. The van der Waals surface area contributed by atoms with Crippen LogP contribution in [0, 0.1) is 5.92 Å². The quantitative estimate of drug-likeness (QED) is 0.879. The van der Waals surface area contributed by atoms with Gasteiger partial charge in [0.1, 0.15) is 0 Å². The molecule has 2 atom stereocenters. The van der Waals surface area contributed by atoms with Gasteiger partial charge in [-0.05, 0) is 43.0 Å². The van der Waals surface area contributed by atoms with Crippen molar-refractivity contribution in [2.75, 3.05) is 0 Å². The smallest absolute Gasteiger partial charge is 0.335 e. The highest BCUT2D eigenvalue weighted by molar-refractivity contribution is 5.96. The van der Waals surface area contributed by atoms with Gasteiger partial charge in [-0.1, -0.05) is 19.8 Å². The predicted molar refractivity (Wildman–Crippen MR) is 72.3 cm³/mol. The fourth-order valence-electron chi connectivity index (χ4n) is 2.60. The van der Waals surface area contributed by atoms with Crippen molar-refractivity contribution in [3.05, 3.63) is 35.4 Å². The van der Waals surface area contributed by atoms with Gasteiger partial charge >= 0.3 is 5.97 Å². The molecule has 0 heterocycles. The number of hydrogen-bond donors (Lipinski definition) is 2. The molecule has 1 amide bonds. The average molecular weight is 261 g/mol. The standard InChI is InChI=1S/C15H19NO3/c1-10-3-2-4-13(9-10)16-14(17)11-5-7-12(8-6-11)15(18)19/h5-8,10,13H,2-4,9H2,1H3,(H,16,17)(H,18,19). The number of rotatable bonds is 3. The highest BCUT2D eigenvalue weighted by Crippen LogP contribution is 2.23.